The number of benzene rings is 3. The number of nitrogens with one attached hydrogen (secondary N) is 2. The van der Waals surface area contributed by atoms with Crippen molar-refractivity contribution in [2.45, 2.75) is 24.9 Å². The zero-order valence-electron chi connectivity index (χ0n) is 16.9. The van der Waals surface area contributed by atoms with Crippen LogP contribution in [0, 0.1) is 0 Å². The summed E-state index contributed by atoms with van der Waals surface area (Å²) in [5.41, 5.74) is 1.74. The largest absolute Gasteiger partial charge is 0.480 e. The van der Waals surface area contributed by atoms with Crippen LogP contribution < -0.4 is 10.6 Å². The first-order valence-electron chi connectivity index (χ1n) is 10.0. The van der Waals surface area contributed by atoms with E-state index >= 15 is 0 Å². The molecule has 0 spiro atoms. The quantitative estimate of drug-likeness (QED) is 0.479. The minimum Gasteiger partial charge on any atom is -0.480 e. The van der Waals surface area contributed by atoms with Crippen molar-refractivity contribution < 1.29 is 14.7 Å². The highest BCUT2D eigenvalue weighted by Gasteiger charge is 2.38. The average molecular weight is 402 g/mol. The van der Waals surface area contributed by atoms with Gasteiger partial charge in [-0.3, -0.25) is 9.59 Å². The van der Waals surface area contributed by atoms with Crippen LogP contribution in [0.15, 0.2) is 91.0 Å². The molecule has 1 atom stereocenters. The third-order valence-electron chi connectivity index (χ3n) is 5.09. The number of carboxylic acid groups (broad SMARTS) is 1. The number of carbonyl (C=O) groups excluding carboxylic acids is 1. The number of carbonyl (C=O) groups is 2. The molecule has 3 N–H and O–H groups in total. The molecular weight excluding hydrogens is 376 g/mol. The van der Waals surface area contributed by atoms with E-state index in [0.717, 1.165) is 16.7 Å². The normalized spacial score (nSPS) is 12.2. The minimum atomic E-state index is -1.04. The lowest BCUT2D eigenvalue weighted by atomic mass is 9.77. The molecule has 5 nitrogen and oxygen atoms in total. The zero-order valence-corrected chi connectivity index (χ0v) is 16.9. The van der Waals surface area contributed by atoms with Gasteiger partial charge in [0.2, 0.25) is 5.91 Å². The summed E-state index contributed by atoms with van der Waals surface area (Å²) in [5, 5.41) is 15.5. The first-order chi connectivity index (χ1) is 14.6. The van der Waals surface area contributed by atoms with Gasteiger partial charge in [0.25, 0.3) is 0 Å². The summed E-state index contributed by atoms with van der Waals surface area (Å²) in [6.07, 6.45) is -0.169. The van der Waals surface area contributed by atoms with Gasteiger partial charge in [-0.1, -0.05) is 97.9 Å². The number of hydrogen-bond acceptors (Lipinski definition) is 3. The zero-order chi connectivity index (χ0) is 21.4. The van der Waals surface area contributed by atoms with Gasteiger partial charge < -0.3 is 15.7 Å². The average Bonchev–Trinajstić information content (AvgIpc) is 2.79. The smallest absolute Gasteiger partial charge is 0.321 e. The van der Waals surface area contributed by atoms with Crippen molar-refractivity contribution in [2.75, 3.05) is 6.54 Å². The summed E-state index contributed by atoms with van der Waals surface area (Å²) in [5.74, 6) is -1.39. The fourth-order valence-electron chi connectivity index (χ4n) is 3.72. The van der Waals surface area contributed by atoms with Crippen LogP contribution in [0.25, 0.3) is 0 Å². The van der Waals surface area contributed by atoms with E-state index in [1.54, 1.807) is 0 Å². The van der Waals surface area contributed by atoms with E-state index in [1.807, 2.05) is 97.9 Å². The molecular formula is C25H26N2O3. The minimum absolute atomic E-state index is 0.169. The predicted octanol–water partition coefficient (Wildman–Crippen LogP) is 3.55. The van der Waals surface area contributed by atoms with Crippen LogP contribution in [0.5, 0.6) is 0 Å². The van der Waals surface area contributed by atoms with Gasteiger partial charge in [0.15, 0.2) is 0 Å². The van der Waals surface area contributed by atoms with Gasteiger partial charge in [-0.15, -0.1) is 0 Å². The molecule has 0 aliphatic carbocycles. The highest BCUT2D eigenvalue weighted by molar-refractivity contribution is 5.85. The third kappa shape index (κ3) is 4.58. The molecule has 3 rings (SSSR count). The Morgan fingerprint density at radius 1 is 0.800 bits per heavy atom. The molecule has 0 bridgehead atoms. The Hall–Kier alpha value is -3.44. The standard InChI is InChI=1S/C25H26N2O3/c1-2-26-22(24(29)30)18-23(28)27-25(19-12-6-3-7-13-19,20-14-8-4-9-15-20)21-16-10-5-11-17-21/h3-17,22,26H,2,18H2,1H3,(H,27,28)(H,29,30). The van der Waals surface area contributed by atoms with Crippen molar-refractivity contribution >= 4 is 11.9 Å². The van der Waals surface area contributed by atoms with Gasteiger partial charge in [-0.2, -0.15) is 0 Å². The predicted molar refractivity (Wildman–Crippen MR) is 117 cm³/mol. The number of likely N-dealkylation sites (N-methyl/N-ethyl adjacent to an activating group) is 1. The lowest BCUT2D eigenvalue weighted by molar-refractivity contribution is -0.141. The Labute approximate surface area is 176 Å². The monoisotopic (exact) mass is 402 g/mol. The number of hydrogen-bond donors (Lipinski definition) is 3. The molecule has 0 heterocycles. The van der Waals surface area contributed by atoms with Crippen LogP contribution in [-0.2, 0) is 15.1 Å². The van der Waals surface area contributed by atoms with E-state index in [0.29, 0.717) is 6.54 Å². The number of aliphatic carboxylic acids is 1. The summed E-state index contributed by atoms with van der Waals surface area (Å²) in [6.45, 7) is 2.28. The number of rotatable bonds is 9. The lowest BCUT2D eigenvalue weighted by Gasteiger charge is -2.37. The fourth-order valence-corrected chi connectivity index (χ4v) is 3.72. The molecule has 0 saturated heterocycles. The van der Waals surface area contributed by atoms with Crippen LogP contribution in [-0.4, -0.2) is 29.6 Å². The Bertz CT molecular complexity index is 863. The van der Waals surface area contributed by atoms with Crippen LogP contribution in [0.4, 0.5) is 0 Å². The van der Waals surface area contributed by atoms with Gasteiger partial charge in [0, 0.05) is 0 Å². The second-order valence-corrected chi connectivity index (χ2v) is 7.05. The number of amides is 1. The van der Waals surface area contributed by atoms with Crippen molar-refractivity contribution in [1.82, 2.24) is 10.6 Å². The molecule has 0 fully saturated rings. The molecule has 0 aliphatic heterocycles. The van der Waals surface area contributed by atoms with Gasteiger partial charge in [-0.05, 0) is 23.2 Å². The topological polar surface area (TPSA) is 78.4 Å². The van der Waals surface area contributed by atoms with Gasteiger partial charge in [0.05, 0.1) is 6.42 Å². The van der Waals surface area contributed by atoms with E-state index in [1.165, 1.54) is 0 Å². The Morgan fingerprint density at radius 2 is 1.20 bits per heavy atom. The second kappa shape index (κ2) is 9.85. The van der Waals surface area contributed by atoms with Crippen molar-refractivity contribution in [3.05, 3.63) is 108 Å². The summed E-state index contributed by atoms with van der Waals surface area (Å²) >= 11 is 0. The first kappa shape index (κ1) is 21.3. The highest BCUT2D eigenvalue weighted by atomic mass is 16.4. The van der Waals surface area contributed by atoms with Gasteiger partial charge in [-0.25, -0.2) is 0 Å². The molecule has 154 valence electrons. The van der Waals surface area contributed by atoms with Gasteiger partial charge in [0.1, 0.15) is 11.6 Å². The maximum absolute atomic E-state index is 13.2. The SMILES string of the molecule is CCNC(CC(=O)NC(c1ccccc1)(c1ccccc1)c1ccccc1)C(=O)O. The molecule has 0 aliphatic rings. The molecule has 0 aromatic heterocycles. The van der Waals surface area contributed by atoms with Crippen molar-refractivity contribution in [2.24, 2.45) is 0 Å². The maximum atomic E-state index is 13.2. The highest BCUT2D eigenvalue weighted by Crippen LogP contribution is 2.36. The number of carboxylic acids is 1. The fraction of sp³-hybridized carbons (Fsp3) is 0.200. The maximum Gasteiger partial charge on any atom is 0.321 e. The summed E-state index contributed by atoms with van der Waals surface area (Å²) in [7, 11) is 0. The van der Waals surface area contributed by atoms with E-state index < -0.39 is 17.6 Å². The molecule has 1 amide bonds. The van der Waals surface area contributed by atoms with E-state index in [-0.39, 0.29) is 12.3 Å². The van der Waals surface area contributed by atoms with Crippen LogP contribution in [0.2, 0.25) is 0 Å². The first-order valence-corrected chi connectivity index (χ1v) is 10.0. The Balaban J connectivity index is 2.12. The summed E-state index contributed by atoms with van der Waals surface area (Å²) in [4.78, 5) is 24.7. The van der Waals surface area contributed by atoms with Crippen LogP contribution >= 0.6 is 0 Å². The molecule has 3 aromatic rings. The van der Waals surface area contributed by atoms with Crippen LogP contribution in [0.3, 0.4) is 0 Å². The molecule has 0 radical (unpaired) electrons. The Kier molecular flexibility index (Phi) is 6.99. The summed E-state index contributed by atoms with van der Waals surface area (Å²) < 4.78 is 0. The lowest BCUT2D eigenvalue weighted by Crippen LogP contribution is -2.50. The molecule has 0 saturated carbocycles. The molecule has 3 aromatic carbocycles. The summed E-state index contributed by atoms with van der Waals surface area (Å²) in [6, 6.07) is 28.3. The van der Waals surface area contributed by atoms with Gasteiger partial charge >= 0.3 is 5.97 Å². The molecule has 30 heavy (non-hydrogen) atoms. The molecule has 5 heteroatoms. The second-order valence-electron chi connectivity index (χ2n) is 7.05. The molecule has 1 unspecified atom stereocenters. The van der Waals surface area contributed by atoms with E-state index in [2.05, 4.69) is 10.6 Å². The van der Waals surface area contributed by atoms with Crippen LogP contribution in [0.1, 0.15) is 30.0 Å². The Morgan fingerprint density at radius 3 is 1.53 bits per heavy atom. The van der Waals surface area contributed by atoms with E-state index in [4.69, 9.17) is 0 Å². The third-order valence-corrected chi connectivity index (χ3v) is 5.09. The van der Waals surface area contributed by atoms with Crippen molar-refractivity contribution in [3.8, 4) is 0 Å². The van der Waals surface area contributed by atoms with Crippen molar-refractivity contribution in [1.29, 1.82) is 0 Å². The van der Waals surface area contributed by atoms with Crippen molar-refractivity contribution in [3.63, 3.8) is 0 Å². The van der Waals surface area contributed by atoms with E-state index in [9.17, 15) is 14.7 Å².